The van der Waals surface area contributed by atoms with Crippen LogP contribution in [0.3, 0.4) is 0 Å². The summed E-state index contributed by atoms with van der Waals surface area (Å²) in [6.45, 7) is 8.22. The molecule has 2 atom stereocenters. The maximum Gasteiger partial charge on any atom is 0.260 e. The van der Waals surface area contributed by atoms with Gasteiger partial charge < -0.3 is 19.9 Å². The molecule has 5 rings (SSSR count). The summed E-state index contributed by atoms with van der Waals surface area (Å²) < 4.78 is 6.12. The first-order valence-electron chi connectivity index (χ1n) is 13.7. The second-order valence-corrected chi connectivity index (χ2v) is 10.4. The van der Waals surface area contributed by atoms with Crippen molar-refractivity contribution in [2.24, 2.45) is 0 Å². The summed E-state index contributed by atoms with van der Waals surface area (Å²) in [4.78, 5) is 30.7. The molecular weight excluding hydrogens is 474 g/mol. The Morgan fingerprint density at radius 1 is 0.974 bits per heavy atom. The van der Waals surface area contributed by atoms with Crippen LogP contribution in [0.2, 0.25) is 0 Å². The Morgan fingerprint density at radius 2 is 1.76 bits per heavy atom. The number of rotatable bonds is 8. The minimum Gasteiger partial charge on any atom is -0.481 e. The quantitative estimate of drug-likeness (QED) is 0.474. The number of ether oxygens (including phenoxy) is 1. The maximum absolute atomic E-state index is 13.7. The van der Waals surface area contributed by atoms with E-state index in [2.05, 4.69) is 41.4 Å². The monoisotopic (exact) mass is 511 g/mol. The van der Waals surface area contributed by atoms with Crippen LogP contribution >= 0.6 is 0 Å². The average Bonchev–Trinajstić information content (AvgIpc) is 3.46. The zero-order chi connectivity index (χ0) is 26.5. The van der Waals surface area contributed by atoms with Gasteiger partial charge in [-0.3, -0.25) is 9.59 Å². The Kier molecular flexibility index (Phi) is 8.08. The number of benzene rings is 3. The molecule has 6 nitrogen and oxygen atoms in total. The van der Waals surface area contributed by atoms with Crippen molar-refractivity contribution in [2.75, 3.05) is 32.7 Å². The van der Waals surface area contributed by atoms with E-state index in [0.717, 1.165) is 42.7 Å². The largest absolute Gasteiger partial charge is 0.481 e. The van der Waals surface area contributed by atoms with Gasteiger partial charge in [0.15, 0.2) is 6.10 Å². The molecule has 6 heteroatoms. The zero-order valence-corrected chi connectivity index (χ0v) is 22.4. The lowest BCUT2D eigenvalue weighted by atomic mass is 9.87. The number of hydrogen-bond acceptors (Lipinski definition) is 4. The molecule has 3 aromatic carbocycles. The van der Waals surface area contributed by atoms with Gasteiger partial charge in [-0.2, -0.15) is 0 Å². The molecule has 0 radical (unpaired) electrons. The Bertz CT molecular complexity index is 1270. The first-order chi connectivity index (χ1) is 18.5. The third kappa shape index (κ3) is 5.91. The topological polar surface area (TPSA) is 61.9 Å². The molecule has 2 heterocycles. The van der Waals surface area contributed by atoms with Gasteiger partial charge in [-0.1, -0.05) is 54.1 Å². The summed E-state index contributed by atoms with van der Waals surface area (Å²) in [7, 11) is 0. The molecule has 0 spiro atoms. The van der Waals surface area contributed by atoms with Crippen molar-refractivity contribution in [1.29, 1.82) is 0 Å². The highest BCUT2D eigenvalue weighted by molar-refractivity contribution is 5.95. The molecular formula is C32H37N3O3. The van der Waals surface area contributed by atoms with E-state index in [4.69, 9.17) is 4.74 Å². The number of fused-ring (bicyclic) bond motifs is 1. The SMILES string of the molecule is Cc1cccc([C@@H]2c3cc(O[C@H](C)C(=O)NCCN4CCCC4)ccc3CCN2C(=O)c2ccccc2)c1. The van der Waals surface area contributed by atoms with Gasteiger partial charge in [0, 0.05) is 25.2 Å². The van der Waals surface area contributed by atoms with E-state index in [1.807, 2.05) is 53.4 Å². The van der Waals surface area contributed by atoms with Crippen LogP contribution in [0.1, 0.15) is 58.4 Å². The molecule has 38 heavy (non-hydrogen) atoms. The molecule has 0 aliphatic carbocycles. The van der Waals surface area contributed by atoms with E-state index >= 15 is 0 Å². The van der Waals surface area contributed by atoms with E-state index in [1.165, 1.54) is 18.4 Å². The normalized spacial score (nSPS) is 18.1. The molecule has 0 bridgehead atoms. The number of aryl methyl sites for hydroxylation is 1. The summed E-state index contributed by atoms with van der Waals surface area (Å²) in [5, 5.41) is 3.01. The molecule has 0 unspecified atom stereocenters. The third-order valence-electron chi connectivity index (χ3n) is 7.59. The number of amides is 2. The Balaban J connectivity index is 1.37. The van der Waals surface area contributed by atoms with Gasteiger partial charge in [0.1, 0.15) is 5.75 Å². The molecule has 1 saturated heterocycles. The standard InChI is InChI=1S/C32H37N3O3/c1-23-9-8-12-27(21-23)30-29-22-28(38-24(2)31(36)33-16-20-34-17-6-7-18-34)14-13-25(29)15-19-35(30)32(37)26-10-4-3-5-11-26/h3-5,8-14,21-22,24,30H,6-7,15-20H2,1-2H3,(H,33,36)/t24-,30-/m1/s1. The summed E-state index contributed by atoms with van der Waals surface area (Å²) in [5.41, 5.74) is 5.14. The van der Waals surface area contributed by atoms with Crippen molar-refractivity contribution in [2.45, 2.75) is 45.3 Å². The van der Waals surface area contributed by atoms with Gasteiger partial charge in [-0.15, -0.1) is 0 Å². The Hall–Kier alpha value is -3.64. The van der Waals surface area contributed by atoms with E-state index in [0.29, 0.717) is 24.4 Å². The number of nitrogens with zero attached hydrogens (tertiary/aromatic N) is 2. The smallest absolute Gasteiger partial charge is 0.260 e. The first-order valence-corrected chi connectivity index (χ1v) is 13.7. The van der Waals surface area contributed by atoms with Crippen LogP contribution in [0.15, 0.2) is 72.8 Å². The zero-order valence-electron chi connectivity index (χ0n) is 22.4. The minimum absolute atomic E-state index is 0.0137. The summed E-state index contributed by atoms with van der Waals surface area (Å²) in [5.74, 6) is 0.537. The van der Waals surface area contributed by atoms with E-state index < -0.39 is 6.10 Å². The van der Waals surface area contributed by atoms with E-state index in [-0.39, 0.29) is 17.9 Å². The van der Waals surface area contributed by atoms with Crippen molar-refractivity contribution in [3.63, 3.8) is 0 Å². The van der Waals surface area contributed by atoms with Gasteiger partial charge in [0.2, 0.25) is 0 Å². The van der Waals surface area contributed by atoms with Crippen molar-refractivity contribution < 1.29 is 14.3 Å². The summed E-state index contributed by atoms with van der Waals surface area (Å²) in [6, 6.07) is 23.6. The second kappa shape index (κ2) is 11.8. The van der Waals surface area contributed by atoms with Crippen LogP contribution in [-0.4, -0.2) is 60.4 Å². The van der Waals surface area contributed by atoms with Crippen LogP contribution < -0.4 is 10.1 Å². The highest BCUT2D eigenvalue weighted by atomic mass is 16.5. The highest BCUT2D eigenvalue weighted by Crippen LogP contribution is 2.38. The lowest BCUT2D eigenvalue weighted by Gasteiger charge is -2.38. The summed E-state index contributed by atoms with van der Waals surface area (Å²) in [6.07, 6.45) is 2.63. The van der Waals surface area contributed by atoms with Gasteiger partial charge in [0.05, 0.1) is 6.04 Å². The third-order valence-corrected chi connectivity index (χ3v) is 7.59. The molecule has 1 fully saturated rings. The molecule has 0 saturated carbocycles. The predicted octanol–water partition coefficient (Wildman–Crippen LogP) is 4.76. The Morgan fingerprint density at radius 3 is 2.53 bits per heavy atom. The number of carbonyl (C=O) groups is 2. The number of hydrogen-bond donors (Lipinski definition) is 1. The summed E-state index contributed by atoms with van der Waals surface area (Å²) >= 11 is 0. The van der Waals surface area contributed by atoms with Gasteiger partial charge in [-0.05, 0) is 87.2 Å². The molecule has 1 N–H and O–H groups in total. The van der Waals surface area contributed by atoms with Crippen LogP contribution in [-0.2, 0) is 11.2 Å². The van der Waals surface area contributed by atoms with Gasteiger partial charge >= 0.3 is 0 Å². The number of likely N-dealkylation sites (tertiary alicyclic amines) is 1. The second-order valence-electron chi connectivity index (χ2n) is 10.4. The van der Waals surface area contributed by atoms with Crippen LogP contribution in [0.5, 0.6) is 5.75 Å². The lowest BCUT2D eigenvalue weighted by molar-refractivity contribution is -0.127. The first kappa shape index (κ1) is 26.0. The molecule has 2 amide bonds. The van der Waals surface area contributed by atoms with Crippen molar-refractivity contribution in [3.05, 3.63) is 101 Å². The van der Waals surface area contributed by atoms with Crippen molar-refractivity contribution in [3.8, 4) is 5.75 Å². The molecule has 0 aromatic heterocycles. The molecule has 198 valence electrons. The average molecular weight is 512 g/mol. The van der Waals surface area contributed by atoms with Crippen molar-refractivity contribution >= 4 is 11.8 Å². The van der Waals surface area contributed by atoms with Crippen molar-refractivity contribution in [1.82, 2.24) is 15.1 Å². The van der Waals surface area contributed by atoms with E-state index in [9.17, 15) is 9.59 Å². The fourth-order valence-corrected chi connectivity index (χ4v) is 5.58. The fraction of sp³-hybridized carbons (Fsp3) is 0.375. The van der Waals surface area contributed by atoms with Gasteiger partial charge in [0.25, 0.3) is 11.8 Å². The lowest BCUT2D eigenvalue weighted by Crippen LogP contribution is -2.41. The fourth-order valence-electron chi connectivity index (χ4n) is 5.58. The molecule has 2 aliphatic rings. The predicted molar refractivity (Wildman–Crippen MR) is 149 cm³/mol. The number of nitrogens with one attached hydrogen (secondary N) is 1. The van der Waals surface area contributed by atoms with Crippen LogP contribution in [0, 0.1) is 6.92 Å². The maximum atomic E-state index is 13.7. The molecule has 3 aromatic rings. The van der Waals surface area contributed by atoms with Gasteiger partial charge in [-0.25, -0.2) is 0 Å². The Labute approximate surface area is 225 Å². The van der Waals surface area contributed by atoms with E-state index in [1.54, 1.807) is 6.92 Å². The van der Waals surface area contributed by atoms with Crippen LogP contribution in [0.25, 0.3) is 0 Å². The minimum atomic E-state index is -0.616. The molecule has 2 aliphatic heterocycles. The highest BCUT2D eigenvalue weighted by Gasteiger charge is 2.33. The van der Waals surface area contributed by atoms with Crippen LogP contribution in [0.4, 0.5) is 0 Å². The number of carbonyl (C=O) groups excluding carboxylic acids is 2.